The fourth-order valence-electron chi connectivity index (χ4n) is 1.76. The van der Waals surface area contributed by atoms with Crippen molar-refractivity contribution in [2.24, 2.45) is 5.92 Å². The number of aromatic nitrogens is 2. The Labute approximate surface area is 111 Å². The van der Waals surface area contributed by atoms with Crippen molar-refractivity contribution in [3.05, 3.63) is 11.8 Å². The second kappa shape index (κ2) is 7.90. The number of aryl methyl sites for hydroxylation is 1. The molecule has 102 valence electrons. The van der Waals surface area contributed by atoms with Crippen LogP contribution >= 0.6 is 0 Å². The highest BCUT2D eigenvalue weighted by atomic mass is 15.1. The van der Waals surface area contributed by atoms with Gasteiger partial charge in [-0.3, -0.25) is 0 Å². The van der Waals surface area contributed by atoms with Gasteiger partial charge in [0.25, 0.3) is 0 Å². The van der Waals surface area contributed by atoms with Crippen molar-refractivity contribution in [2.45, 2.75) is 47.0 Å². The summed E-state index contributed by atoms with van der Waals surface area (Å²) in [7, 11) is 0. The number of hydrogen-bond donors (Lipinski definition) is 2. The van der Waals surface area contributed by atoms with Crippen LogP contribution in [0.25, 0.3) is 0 Å². The fraction of sp³-hybridized carbons (Fsp3) is 0.714. The molecule has 1 aromatic heterocycles. The van der Waals surface area contributed by atoms with E-state index in [1.807, 2.05) is 13.1 Å². The van der Waals surface area contributed by atoms with Gasteiger partial charge in [-0.1, -0.05) is 33.6 Å². The molecule has 18 heavy (non-hydrogen) atoms. The molecule has 0 atom stereocenters. The largest absolute Gasteiger partial charge is 0.369 e. The molecule has 0 unspecified atom stereocenters. The first-order valence-electron chi connectivity index (χ1n) is 7.02. The Kier molecular flexibility index (Phi) is 6.47. The molecule has 1 heterocycles. The minimum Gasteiger partial charge on any atom is -0.369 e. The van der Waals surface area contributed by atoms with Crippen LogP contribution in [0.4, 0.5) is 11.8 Å². The number of hydrogen-bond acceptors (Lipinski definition) is 4. The lowest BCUT2D eigenvalue weighted by molar-refractivity contribution is 0.518. The van der Waals surface area contributed by atoms with E-state index in [4.69, 9.17) is 0 Å². The first-order valence-corrected chi connectivity index (χ1v) is 7.02. The van der Waals surface area contributed by atoms with E-state index in [0.717, 1.165) is 36.8 Å². The molecule has 0 saturated heterocycles. The molecule has 0 aliphatic carbocycles. The maximum Gasteiger partial charge on any atom is 0.224 e. The molecule has 1 aromatic rings. The Bertz CT molecular complexity index is 348. The van der Waals surface area contributed by atoms with Crippen molar-refractivity contribution in [1.82, 2.24) is 9.97 Å². The van der Waals surface area contributed by atoms with E-state index >= 15 is 0 Å². The smallest absolute Gasteiger partial charge is 0.224 e. The molecule has 0 aliphatic heterocycles. The van der Waals surface area contributed by atoms with Crippen LogP contribution < -0.4 is 10.6 Å². The third-order valence-corrected chi connectivity index (χ3v) is 3.22. The maximum absolute atomic E-state index is 4.52. The highest BCUT2D eigenvalue weighted by molar-refractivity contribution is 5.46. The van der Waals surface area contributed by atoms with Crippen molar-refractivity contribution >= 4 is 11.8 Å². The molecule has 0 bridgehead atoms. The molecule has 0 radical (unpaired) electrons. The zero-order valence-corrected chi connectivity index (χ0v) is 12.1. The van der Waals surface area contributed by atoms with Crippen LogP contribution in [0, 0.1) is 12.8 Å². The summed E-state index contributed by atoms with van der Waals surface area (Å²) in [6.07, 6.45) is 5.36. The van der Waals surface area contributed by atoms with Gasteiger partial charge in [0.05, 0.1) is 0 Å². The van der Waals surface area contributed by atoms with Gasteiger partial charge in [0.15, 0.2) is 0 Å². The van der Waals surface area contributed by atoms with Crippen molar-refractivity contribution in [1.29, 1.82) is 0 Å². The highest BCUT2D eigenvalue weighted by Crippen LogP contribution is 2.15. The third kappa shape index (κ3) is 4.51. The van der Waals surface area contributed by atoms with Crippen LogP contribution in [0.3, 0.4) is 0 Å². The van der Waals surface area contributed by atoms with Crippen molar-refractivity contribution < 1.29 is 0 Å². The van der Waals surface area contributed by atoms with Gasteiger partial charge < -0.3 is 10.6 Å². The molecule has 4 nitrogen and oxygen atoms in total. The Hall–Kier alpha value is -1.32. The second-order valence-corrected chi connectivity index (χ2v) is 4.72. The summed E-state index contributed by atoms with van der Waals surface area (Å²) >= 11 is 0. The standard InChI is InChI=1S/C14H26N4/c1-5-8-15-14-17-9-11(4)13(18-14)16-10-12(6-2)7-3/h9,12H,5-8,10H2,1-4H3,(H2,15,16,17,18). The lowest BCUT2D eigenvalue weighted by Crippen LogP contribution is -2.15. The Balaban J connectivity index is 2.62. The Morgan fingerprint density at radius 1 is 1.17 bits per heavy atom. The predicted octanol–water partition coefficient (Wildman–Crippen LogP) is 3.46. The van der Waals surface area contributed by atoms with Crippen LogP contribution in [0.1, 0.15) is 45.6 Å². The summed E-state index contributed by atoms with van der Waals surface area (Å²) in [5.41, 5.74) is 1.10. The van der Waals surface area contributed by atoms with Gasteiger partial charge in [0.2, 0.25) is 5.95 Å². The molecule has 0 fully saturated rings. The number of anilines is 2. The first-order chi connectivity index (χ1) is 8.71. The summed E-state index contributed by atoms with van der Waals surface area (Å²) in [6, 6.07) is 0. The molecule has 4 heteroatoms. The van der Waals surface area contributed by atoms with E-state index in [9.17, 15) is 0 Å². The maximum atomic E-state index is 4.52. The first kappa shape index (κ1) is 14.7. The minimum atomic E-state index is 0.714. The van der Waals surface area contributed by atoms with Gasteiger partial charge in [-0.15, -0.1) is 0 Å². The lowest BCUT2D eigenvalue weighted by atomic mass is 10.0. The molecule has 0 amide bonds. The summed E-state index contributed by atoms with van der Waals surface area (Å²) < 4.78 is 0. The molecular weight excluding hydrogens is 224 g/mol. The predicted molar refractivity (Wildman–Crippen MR) is 78.1 cm³/mol. The number of nitrogens with one attached hydrogen (secondary N) is 2. The van der Waals surface area contributed by atoms with Crippen LogP contribution in [0.5, 0.6) is 0 Å². The topological polar surface area (TPSA) is 49.8 Å². The Morgan fingerprint density at radius 3 is 2.50 bits per heavy atom. The van der Waals surface area contributed by atoms with Crippen molar-refractivity contribution in [3.63, 3.8) is 0 Å². The molecule has 0 aliphatic rings. The molecule has 2 N–H and O–H groups in total. The second-order valence-electron chi connectivity index (χ2n) is 4.72. The number of rotatable bonds is 8. The van der Waals surface area contributed by atoms with Gasteiger partial charge in [-0.2, -0.15) is 4.98 Å². The summed E-state index contributed by atoms with van der Waals surface area (Å²) in [5.74, 6) is 2.39. The highest BCUT2D eigenvalue weighted by Gasteiger charge is 2.06. The molecular formula is C14H26N4. The normalized spacial score (nSPS) is 10.7. The van der Waals surface area contributed by atoms with Gasteiger partial charge in [-0.05, 0) is 19.3 Å². The van der Waals surface area contributed by atoms with Gasteiger partial charge in [0, 0.05) is 24.8 Å². The van der Waals surface area contributed by atoms with E-state index in [0.29, 0.717) is 5.92 Å². The van der Waals surface area contributed by atoms with Crippen LogP contribution in [-0.2, 0) is 0 Å². The summed E-state index contributed by atoms with van der Waals surface area (Å²) in [6.45, 7) is 10.5. The summed E-state index contributed by atoms with van der Waals surface area (Å²) in [4.78, 5) is 8.80. The zero-order valence-electron chi connectivity index (χ0n) is 12.1. The molecule has 1 rings (SSSR count). The zero-order chi connectivity index (χ0) is 13.4. The van der Waals surface area contributed by atoms with E-state index in [2.05, 4.69) is 41.4 Å². The van der Waals surface area contributed by atoms with Gasteiger partial charge >= 0.3 is 0 Å². The fourth-order valence-corrected chi connectivity index (χ4v) is 1.76. The van der Waals surface area contributed by atoms with E-state index < -0.39 is 0 Å². The molecule has 0 spiro atoms. The van der Waals surface area contributed by atoms with Gasteiger partial charge in [-0.25, -0.2) is 4.98 Å². The van der Waals surface area contributed by atoms with Crippen LogP contribution in [0.15, 0.2) is 6.20 Å². The number of nitrogens with zero attached hydrogens (tertiary/aromatic N) is 2. The minimum absolute atomic E-state index is 0.714. The third-order valence-electron chi connectivity index (χ3n) is 3.22. The lowest BCUT2D eigenvalue weighted by Gasteiger charge is -2.15. The molecule has 0 aromatic carbocycles. The van der Waals surface area contributed by atoms with Crippen molar-refractivity contribution in [3.8, 4) is 0 Å². The monoisotopic (exact) mass is 250 g/mol. The SMILES string of the molecule is CCCNc1ncc(C)c(NCC(CC)CC)n1. The quantitative estimate of drug-likeness (QED) is 0.742. The van der Waals surface area contributed by atoms with E-state index in [1.54, 1.807) is 0 Å². The van der Waals surface area contributed by atoms with E-state index in [-0.39, 0.29) is 0 Å². The van der Waals surface area contributed by atoms with Gasteiger partial charge in [0.1, 0.15) is 5.82 Å². The van der Waals surface area contributed by atoms with Crippen molar-refractivity contribution in [2.75, 3.05) is 23.7 Å². The average Bonchev–Trinajstić information content (AvgIpc) is 2.40. The van der Waals surface area contributed by atoms with Crippen LogP contribution in [0.2, 0.25) is 0 Å². The summed E-state index contributed by atoms with van der Waals surface area (Å²) in [5, 5.41) is 6.66. The average molecular weight is 250 g/mol. The van der Waals surface area contributed by atoms with Crippen LogP contribution in [-0.4, -0.2) is 23.1 Å². The van der Waals surface area contributed by atoms with E-state index in [1.165, 1.54) is 12.8 Å². The Morgan fingerprint density at radius 2 is 1.89 bits per heavy atom. The molecule has 0 saturated carbocycles.